The van der Waals surface area contributed by atoms with Crippen molar-refractivity contribution in [1.29, 1.82) is 0 Å². The van der Waals surface area contributed by atoms with E-state index in [1.807, 2.05) is 6.92 Å². The fourth-order valence-corrected chi connectivity index (χ4v) is 3.19. The van der Waals surface area contributed by atoms with Crippen molar-refractivity contribution in [2.75, 3.05) is 12.0 Å². The Kier molecular flexibility index (Phi) is 4.55. The largest absolute Gasteiger partial charge is 0.328 e. The maximum Gasteiger partial charge on any atom is 0.148 e. The van der Waals surface area contributed by atoms with Gasteiger partial charge in [0.05, 0.1) is 5.75 Å². The standard InChI is InChI=1S/C10H22N2O2S/c1-8(7-15(2,13)14)12-10-5-3-9(11)4-6-10/h8-10,12H,3-7,11H2,1-2H3/t8-,9?,10?/m1/s1. The van der Waals surface area contributed by atoms with Crippen LogP contribution in [0.3, 0.4) is 0 Å². The fraction of sp³-hybridized carbons (Fsp3) is 1.00. The molecule has 0 bridgehead atoms. The van der Waals surface area contributed by atoms with Gasteiger partial charge in [0.1, 0.15) is 9.84 Å². The Morgan fingerprint density at radius 3 is 2.33 bits per heavy atom. The van der Waals surface area contributed by atoms with E-state index in [-0.39, 0.29) is 11.8 Å². The van der Waals surface area contributed by atoms with Crippen LogP contribution in [-0.2, 0) is 9.84 Å². The monoisotopic (exact) mass is 234 g/mol. The lowest BCUT2D eigenvalue weighted by molar-refractivity contribution is 0.326. The smallest absolute Gasteiger partial charge is 0.148 e. The lowest BCUT2D eigenvalue weighted by Gasteiger charge is -2.29. The molecule has 1 aliphatic rings. The summed E-state index contributed by atoms with van der Waals surface area (Å²) in [4.78, 5) is 0. The molecule has 0 aromatic rings. The number of nitrogens with one attached hydrogen (secondary N) is 1. The van der Waals surface area contributed by atoms with Gasteiger partial charge in [-0.05, 0) is 32.6 Å². The van der Waals surface area contributed by atoms with Crippen molar-refractivity contribution in [2.24, 2.45) is 5.73 Å². The second-order valence-electron chi connectivity index (χ2n) is 4.77. The molecule has 0 radical (unpaired) electrons. The van der Waals surface area contributed by atoms with Crippen LogP contribution in [0.2, 0.25) is 0 Å². The van der Waals surface area contributed by atoms with E-state index in [1.165, 1.54) is 6.26 Å². The third kappa shape index (κ3) is 5.49. The van der Waals surface area contributed by atoms with Crippen molar-refractivity contribution in [2.45, 2.75) is 50.7 Å². The zero-order valence-electron chi connectivity index (χ0n) is 9.57. The topological polar surface area (TPSA) is 72.2 Å². The van der Waals surface area contributed by atoms with Gasteiger partial charge in [0, 0.05) is 24.4 Å². The highest BCUT2D eigenvalue weighted by Crippen LogP contribution is 2.17. The van der Waals surface area contributed by atoms with Crippen LogP contribution in [0, 0.1) is 0 Å². The number of hydrogen-bond acceptors (Lipinski definition) is 4. The van der Waals surface area contributed by atoms with Gasteiger partial charge in [0.15, 0.2) is 0 Å². The minimum absolute atomic E-state index is 0.0410. The summed E-state index contributed by atoms with van der Waals surface area (Å²) in [7, 11) is -2.87. The maximum absolute atomic E-state index is 11.1. The van der Waals surface area contributed by atoms with Crippen LogP contribution in [0.1, 0.15) is 32.6 Å². The van der Waals surface area contributed by atoms with E-state index >= 15 is 0 Å². The van der Waals surface area contributed by atoms with E-state index in [0.717, 1.165) is 25.7 Å². The number of sulfone groups is 1. The molecule has 3 N–H and O–H groups in total. The Morgan fingerprint density at radius 2 is 1.87 bits per heavy atom. The van der Waals surface area contributed by atoms with Crippen molar-refractivity contribution in [1.82, 2.24) is 5.32 Å². The number of rotatable bonds is 4. The van der Waals surface area contributed by atoms with E-state index in [4.69, 9.17) is 5.73 Å². The van der Waals surface area contributed by atoms with Crippen LogP contribution in [0.25, 0.3) is 0 Å². The van der Waals surface area contributed by atoms with Gasteiger partial charge < -0.3 is 11.1 Å². The van der Waals surface area contributed by atoms with Crippen LogP contribution < -0.4 is 11.1 Å². The summed E-state index contributed by atoms with van der Waals surface area (Å²) in [5.41, 5.74) is 5.81. The lowest BCUT2D eigenvalue weighted by Crippen LogP contribution is -2.43. The molecule has 1 saturated carbocycles. The third-order valence-corrected chi connectivity index (χ3v) is 3.95. The highest BCUT2D eigenvalue weighted by Gasteiger charge is 2.20. The van der Waals surface area contributed by atoms with Crippen molar-refractivity contribution < 1.29 is 8.42 Å². The van der Waals surface area contributed by atoms with Gasteiger partial charge in [-0.15, -0.1) is 0 Å². The summed E-state index contributed by atoms with van der Waals surface area (Å²) in [6.45, 7) is 1.93. The van der Waals surface area contributed by atoms with E-state index in [0.29, 0.717) is 12.1 Å². The molecule has 1 fully saturated rings. The summed E-state index contributed by atoms with van der Waals surface area (Å²) in [5.74, 6) is 0.218. The Balaban J connectivity index is 2.29. The number of hydrogen-bond donors (Lipinski definition) is 2. The third-order valence-electron chi connectivity index (χ3n) is 2.84. The fourth-order valence-electron chi connectivity index (χ4n) is 2.19. The molecule has 0 aromatic carbocycles. The zero-order valence-corrected chi connectivity index (χ0v) is 10.4. The normalized spacial score (nSPS) is 30.1. The first-order valence-electron chi connectivity index (χ1n) is 5.56. The molecule has 90 valence electrons. The summed E-state index contributed by atoms with van der Waals surface area (Å²) in [5, 5.41) is 3.36. The molecule has 0 aliphatic heterocycles. The summed E-state index contributed by atoms with van der Waals surface area (Å²) >= 11 is 0. The van der Waals surface area contributed by atoms with Gasteiger partial charge in [-0.2, -0.15) is 0 Å². The van der Waals surface area contributed by atoms with Crippen LogP contribution in [0.5, 0.6) is 0 Å². The Morgan fingerprint density at radius 1 is 1.33 bits per heavy atom. The molecule has 4 nitrogen and oxygen atoms in total. The van der Waals surface area contributed by atoms with Gasteiger partial charge in [-0.1, -0.05) is 0 Å². The van der Waals surface area contributed by atoms with Crippen LogP contribution in [0.4, 0.5) is 0 Å². The predicted molar refractivity (Wildman–Crippen MR) is 62.5 cm³/mol. The average Bonchev–Trinajstić information content (AvgIpc) is 2.05. The van der Waals surface area contributed by atoms with Gasteiger partial charge in [-0.25, -0.2) is 8.42 Å². The maximum atomic E-state index is 11.1. The Labute approximate surface area is 92.5 Å². The van der Waals surface area contributed by atoms with Crippen LogP contribution >= 0.6 is 0 Å². The van der Waals surface area contributed by atoms with Gasteiger partial charge in [0.2, 0.25) is 0 Å². The molecule has 1 aliphatic carbocycles. The van der Waals surface area contributed by atoms with Gasteiger partial charge >= 0.3 is 0 Å². The molecular formula is C10H22N2O2S. The summed E-state index contributed by atoms with van der Waals surface area (Å²) in [6.07, 6.45) is 5.50. The average molecular weight is 234 g/mol. The van der Waals surface area contributed by atoms with Crippen molar-refractivity contribution in [3.63, 3.8) is 0 Å². The minimum Gasteiger partial charge on any atom is -0.328 e. The molecule has 0 amide bonds. The van der Waals surface area contributed by atoms with Crippen molar-refractivity contribution in [3.8, 4) is 0 Å². The molecule has 1 atom stereocenters. The molecule has 5 heteroatoms. The van der Waals surface area contributed by atoms with Gasteiger partial charge in [-0.3, -0.25) is 0 Å². The first-order valence-corrected chi connectivity index (χ1v) is 7.62. The molecule has 0 spiro atoms. The lowest BCUT2D eigenvalue weighted by atomic mass is 9.91. The SMILES string of the molecule is C[C@H](CS(C)(=O)=O)NC1CCC(N)CC1. The van der Waals surface area contributed by atoms with Crippen molar-refractivity contribution in [3.05, 3.63) is 0 Å². The van der Waals surface area contributed by atoms with E-state index in [2.05, 4.69) is 5.32 Å². The van der Waals surface area contributed by atoms with Gasteiger partial charge in [0.25, 0.3) is 0 Å². The Hall–Kier alpha value is -0.130. The van der Waals surface area contributed by atoms with E-state index < -0.39 is 9.84 Å². The highest BCUT2D eigenvalue weighted by atomic mass is 32.2. The first-order chi connectivity index (χ1) is 6.87. The molecule has 0 aromatic heterocycles. The summed E-state index contributed by atoms with van der Waals surface area (Å²) < 4.78 is 22.2. The minimum atomic E-state index is -2.87. The number of nitrogens with two attached hydrogens (primary N) is 1. The predicted octanol–water partition coefficient (Wildman–Crippen LogP) is 0.279. The van der Waals surface area contributed by atoms with E-state index in [9.17, 15) is 8.42 Å². The Bertz CT molecular complexity index is 282. The van der Waals surface area contributed by atoms with Crippen molar-refractivity contribution >= 4 is 9.84 Å². The first kappa shape index (κ1) is 12.9. The highest BCUT2D eigenvalue weighted by molar-refractivity contribution is 7.90. The van der Waals surface area contributed by atoms with Crippen LogP contribution in [-0.4, -0.2) is 38.6 Å². The second kappa shape index (κ2) is 5.27. The molecule has 15 heavy (non-hydrogen) atoms. The molecule has 1 rings (SSSR count). The molecular weight excluding hydrogens is 212 g/mol. The summed E-state index contributed by atoms with van der Waals surface area (Å²) in [6, 6.07) is 0.828. The molecule has 0 heterocycles. The quantitative estimate of drug-likeness (QED) is 0.733. The molecule has 0 saturated heterocycles. The molecule has 0 unspecified atom stereocenters. The van der Waals surface area contributed by atoms with Crippen LogP contribution in [0.15, 0.2) is 0 Å². The van der Waals surface area contributed by atoms with E-state index in [1.54, 1.807) is 0 Å². The zero-order chi connectivity index (χ0) is 11.5. The second-order valence-corrected chi connectivity index (χ2v) is 6.96.